The van der Waals surface area contributed by atoms with Gasteiger partial charge in [-0.2, -0.15) is 0 Å². The molecule has 1 aliphatic rings. The van der Waals surface area contributed by atoms with Crippen molar-refractivity contribution in [3.8, 4) is 5.88 Å². The summed E-state index contributed by atoms with van der Waals surface area (Å²) in [6, 6.07) is 3.91. The van der Waals surface area contributed by atoms with Gasteiger partial charge < -0.3 is 10.5 Å². The summed E-state index contributed by atoms with van der Waals surface area (Å²) >= 11 is 0. The Balaban J connectivity index is 1.77. The number of hydrogen-bond acceptors (Lipinski definition) is 4. The van der Waals surface area contributed by atoms with Crippen molar-refractivity contribution >= 4 is 0 Å². The van der Waals surface area contributed by atoms with Crippen LogP contribution in [-0.4, -0.2) is 36.1 Å². The molecule has 100 valence electrons. The zero-order chi connectivity index (χ0) is 12.8. The van der Waals surface area contributed by atoms with Crippen LogP contribution in [0.15, 0.2) is 12.1 Å². The first kappa shape index (κ1) is 13.3. The van der Waals surface area contributed by atoms with Crippen molar-refractivity contribution in [2.75, 3.05) is 26.2 Å². The van der Waals surface area contributed by atoms with Gasteiger partial charge in [0.2, 0.25) is 5.88 Å². The molecule has 2 N–H and O–H groups in total. The Morgan fingerprint density at radius 3 is 2.72 bits per heavy atom. The van der Waals surface area contributed by atoms with Crippen LogP contribution in [0, 0.1) is 6.92 Å². The first-order valence-electron chi connectivity index (χ1n) is 6.81. The molecule has 1 saturated heterocycles. The number of hydrogen-bond donors (Lipinski definition) is 1. The Hall–Kier alpha value is -1.13. The number of nitrogens with zero attached hydrogens (tertiary/aromatic N) is 2. The third-order valence-electron chi connectivity index (χ3n) is 3.50. The van der Waals surface area contributed by atoms with Crippen LogP contribution >= 0.6 is 0 Å². The maximum absolute atomic E-state index is 5.70. The molecule has 1 aliphatic heterocycles. The van der Waals surface area contributed by atoms with Crippen LogP contribution in [0.5, 0.6) is 5.88 Å². The maximum Gasteiger partial charge on any atom is 0.213 e. The molecule has 0 bridgehead atoms. The molecule has 1 aromatic heterocycles. The van der Waals surface area contributed by atoms with Gasteiger partial charge in [0.25, 0.3) is 0 Å². The van der Waals surface area contributed by atoms with E-state index in [9.17, 15) is 0 Å². The molecule has 0 aromatic carbocycles. The largest absolute Gasteiger partial charge is 0.476 e. The molecule has 1 aromatic rings. The van der Waals surface area contributed by atoms with Crippen molar-refractivity contribution in [3.63, 3.8) is 0 Å². The number of likely N-dealkylation sites (tertiary alicyclic amines) is 1. The Morgan fingerprint density at radius 1 is 1.28 bits per heavy atom. The summed E-state index contributed by atoms with van der Waals surface area (Å²) in [5.74, 6) is 0.710. The summed E-state index contributed by atoms with van der Waals surface area (Å²) in [7, 11) is 0. The fourth-order valence-electron chi connectivity index (χ4n) is 2.33. The molecule has 0 atom stereocenters. The number of nitrogens with two attached hydrogens (primary N) is 1. The fourth-order valence-corrected chi connectivity index (χ4v) is 2.33. The highest BCUT2D eigenvalue weighted by Crippen LogP contribution is 2.12. The lowest BCUT2D eigenvalue weighted by Gasteiger charge is -2.26. The monoisotopic (exact) mass is 249 g/mol. The van der Waals surface area contributed by atoms with Crippen LogP contribution in [0.4, 0.5) is 0 Å². The smallest absolute Gasteiger partial charge is 0.213 e. The predicted molar refractivity (Wildman–Crippen MR) is 72.7 cm³/mol. The van der Waals surface area contributed by atoms with Gasteiger partial charge >= 0.3 is 0 Å². The van der Waals surface area contributed by atoms with Gasteiger partial charge in [-0.1, -0.05) is 12.5 Å². The number of piperidine rings is 1. The third-order valence-corrected chi connectivity index (χ3v) is 3.50. The summed E-state index contributed by atoms with van der Waals surface area (Å²) in [6.45, 7) is 6.64. The molecule has 0 saturated carbocycles. The summed E-state index contributed by atoms with van der Waals surface area (Å²) in [6.07, 6.45) is 4.02. The standard InChI is InChI=1S/C14H23N3O/c1-12-13(11-15)5-6-14(16-12)18-10-9-17-7-3-2-4-8-17/h5-6H,2-4,7-11,15H2,1H3. The van der Waals surface area contributed by atoms with Gasteiger partial charge in [-0.3, -0.25) is 4.90 Å². The Morgan fingerprint density at radius 2 is 2.06 bits per heavy atom. The first-order chi connectivity index (χ1) is 8.79. The second-order valence-electron chi connectivity index (χ2n) is 4.85. The van der Waals surface area contributed by atoms with Crippen molar-refractivity contribution < 1.29 is 4.74 Å². The van der Waals surface area contributed by atoms with E-state index in [0.717, 1.165) is 17.8 Å². The summed E-state index contributed by atoms with van der Waals surface area (Å²) in [4.78, 5) is 6.87. The van der Waals surface area contributed by atoms with Crippen LogP contribution in [0.2, 0.25) is 0 Å². The highest BCUT2D eigenvalue weighted by Gasteiger charge is 2.09. The minimum atomic E-state index is 0.535. The van der Waals surface area contributed by atoms with Gasteiger partial charge in [-0.15, -0.1) is 0 Å². The van der Waals surface area contributed by atoms with Gasteiger partial charge in [0.05, 0.1) is 0 Å². The van der Waals surface area contributed by atoms with Crippen molar-refractivity contribution in [1.29, 1.82) is 0 Å². The maximum atomic E-state index is 5.70. The van der Waals surface area contributed by atoms with Crippen LogP contribution in [0.1, 0.15) is 30.5 Å². The lowest BCUT2D eigenvalue weighted by atomic mass is 10.1. The highest BCUT2D eigenvalue weighted by atomic mass is 16.5. The van der Waals surface area contributed by atoms with E-state index in [2.05, 4.69) is 9.88 Å². The van der Waals surface area contributed by atoms with Crippen molar-refractivity contribution in [2.45, 2.75) is 32.7 Å². The SMILES string of the molecule is Cc1nc(OCCN2CCCCC2)ccc1CN. The molecule has 2 rings (SSSR count). The molecule has 0 spiro atoms. The first-order valence-corrected chi connectivity index (χ1v) is 6.81. The van der Waals surface area contributed by atoms with E-state index < -0.39 is 0 Å². The molecule has 0 radical (unpaired) electrons. The van der Waals surface area contributed by atoms with Crippen molar-refractivity contribution in [2.24, 2.45) is 5.73 Å². The second-order valence-corrected chi connectivity index (χ2v) is 4.85. The average molecular weight is 249 g/mol. The Labute approximate surface area is 109 Å². The average Bonchev–Trinajstić information content (AvgIpc) is 2.40. The molecule has 0 unspecified atom stereocenters. The van der Waals surface area contributed by atoms with E-state index in [1.54, 1.807) is 0 Å². The lowest BCUT2D eigenvalue weighted by Crippen LogP contribution is -2.33. The summed E-state index contributed by atoms with van der Waals surface area (Å²) in [5, 5.41) is 0. The van der Waals surface area contributed by atoms with Crippen LogP contribution in [0.25, 0.3) is 0 Å². The second kappa shape index (κ2) is 6.71. The van der Waals surface area contributed by atoms with Crippen molar-refractivity contribution in [1.82, 2.24) is 9.88 Å². The van der Waals surface area contributed by atoms with Crippen molar-refractivity contribution in [3.05, 3.63) is 23.4 Å². The van der Waals surface area contributed by atoms with Crippen LogP contribution in [0.3, 0.4) is 0 Å². The molecule has 4 heteroatoms. The quantitative estimate of drug-likeness (QED) is 0.863. The summed E-state index contributed by atoms with van der Waals surface area (Å²) < 4.78 is 5.70. The molecule has 1 fully saturated rings. The number of pyridine rings is 1. The Bertz CT molecular complexity index is 375. The summed E-state index contributed by atoms with van der Waals surface area (Å²) in [5.41, 5.74) is 7.66. The lowest BCUT2D eigenvalue weighted by molar-refractivity contribution is 0.180. The number of aryl methyl sites for hydroxylation is 1. The Kier molecular flexibility index (Phi) is 4.96. The van der Waals surface area contributed by atoms with E-state index in [-0.39, 0.29) is 0 Å². The van der Waals surface area contributed by atoms with Gasteiger partial charge in [-0.25, -0.2) is 4.98 Å². The van der Waals surface area contributed by atoms with Crippen LogP contribution in [-0.2, 0) is 6.54 Å². The fraction of sp³-hybridized carbons (Fsp3) is 0.643. The molecule has 2 heterocycles. The number of aromatic nitrogens is 1. The normalized spacial score (nSPS) is 16.8. The minimum Gasteiger partial charge on any atom is -0.476 e. The zero-order valence-corrected chi connectivity index (χ0v) is 11.2. The van der Waals surface area contributed by atoms with E-state index in [1.165, 1.54) is 32.4 Å². The van der Waals surface area contributed by atoms with E-state index in [0.29, 0.717) is 19.0 Å². The molecular weight excluding hydrogens is 226 g/mol. The molecule has 0 amide bonds. The topological polar surface area (TPSA) is 51.4 Å². The number of ether oxygens (including phenoxy) is 1. The highest BCUT2D eigenvalue weighted by molar-refractivity contribution is 5.24. The molecule has 0 aliphatic carbocycles. The van der Waals surface area contributed by atoms with E-state index >= 15 is 0 Å². The van der Waals surface area contributed by atoms with Gasteiger partial charge in [-0.05, 0) is 38.4 Å². The van der Waals surface area contributed by atoms with Gasteiger partial charge in [0.1, 0.15) is 6.61 Å². The van der Waals surface area contributed by atoms with E-state index in [4.69, 9.17) is 10.5 Å². The van der Waals surface area contributed by atoms with Gasteiger partial charge in [0, 0.05) is 24.8 Å². The predicted octanol–water partition coefficient (Wildman–Crippen LogP) is 1.71. The zero-order valence-electron chi connectivity index (χ0n) is 11.2. The van der Waals surface area contributed by atoms with Crippen LogP contribution < -0.4 is 10.5 Å². The molecular formula is C14H23N3O. The number of rotatable bonds is 5. The third kappa shape index (κ3) is 3.68. The minimum absolute atomic E-state index is 0.535. The van der Waals surface area contributed by atoms with Gasteiger partial charge in [0.15, 0.2) is 0 Å². The molecule has 18 heavy (non-hydrogen) atoms. The molecule has 4 nitrogen and oxygen atoms in total. The van der Waals surface area contributed by atoms with E-state index in [1.807, 2.05) is 19.1 Å².